The van der Waals surface area contributed by atoms with E-state index in [4.69, 9.17) is 5.11 Å². The summed E-state index contributed by atoms with van der Waals surface area (Å²) in [7, 11) is 1.41. The number of benzene rings is 5. The minimum atomic E-state index is -1.33. The minimum absolute atomic E-state index is 0.0655. The molecule has 0 aliphatic carbocycles. The van der Waals surface area contributed by atoms with E-state index >= 15 is 0 Å². The Morgan fingerprint density at radius 2 is 1.27 bits per heavy atom. The lowest BCUT2D eigenvalue weighted by atomic mass is 9.99. The molecule has 0 unspecified atom stereocenters. The number of aromatic hydroxyl groups is 1. The largest absolute Gasteiger partial charge is 0.506 e. The van der Waals surface area contributed by atoms with Crippen LogP contribution in [0.4, 0.5) is 0 Å². The molecule has 6 rings (SSSR count). The molecule has 2 atom stereocenters. The first-order valence-corrected chi connectivity index (χ1v) is 17.8. The highest BCUT2D eigenvalue weighted by Crippen LogP contribution is 2.27. The Kier molecular flexibility index (Phi) is 11.8. The van der Waals surface area contributed by atoms with Gasteiger partial charge < -0.3 is 36.0 Å². The summed E-state index contributed by atoms with van der Waals surface area (Å²) in [6.45, 7) is -0.820. The third-order valence-corrected chi connectivity index (χ3v) is 9.35. The molecule has 0 aliphatic rings. The molecule has 1 aromatic heterocycles. The maximum Gasteiger partial charge on any atom is 0.322 e. The average molecular weight is 754 g/mol. The first kappa shape index (κ1) is 38.4. The summed E-state index contributed by atoms with van der Waals surface area (Å²) < 4.78 is 1.16. The molecule has 5 aromatic carbocycles. The van der Waals surface area contributed by atoms with Crippen molar-refractivity contribution < 1.29 is 34.2 Å². The summed E-state index contributed by atoms with van der Waals surface area (Å²) in [4.78, 5) is 78.0. The Labute approximate surface area is 321 Å². The van der Waals surface area contributed by atoms with Crippen LogP contribution in [0.5, 0.6) is 5.75 Å². The number of aryl methyl sites for hydroxylation is 1. The van der Waals surface area contributed by atoms with Crippen LogP contribution < -0.4 is 26.8 Å². The van der Waals surface area contributed by atoms with E-state index in [0.29, 0.717) is 16.6 Å². The van der Waals surface area contributed by atoms with Crippen LogP contribution in [0.25, 0.3) is 21.7 Å². The molecule has 0 fully saturated rings. The van der Waals surface area contributed by atoms with Gasteiger partial charge in [-0.05, 0) is 51.7 Å². The number of carboxylic acid groups (broad SMARTS) is 1. The number of aliphatic carboxylic acids is 1. The Morgan fingerprint density at radius 1 is 0.643 bits per heavy atom. The van der Waals surface area contributed by atoms with Crippen molar-refractivity contribution in [1.82, 2.24) is 25.8 Å². The fourth-order valence-electron chi connectivity index (χ4n) is 6.42. The lowest BCUT2D eigenvalue weighted by molar-refractivity contribution is -0.135. The van der Waals surface area contributed by atoms with Crippen LogP contribution in [0.15, 0.2) is 126 Å². The molecule has 6 N–H and O–H groups in total. The van der Waals surface area contributed by atoms with E-state index in [9.17, 15) is 33.9 Å². The van der Waals surface area contributed by atoms with Crippen molar-refractivity contribution >= 4 is 51.3 Å². The van der Waals surface area contributed by atoms with Crippen molar-refractivity contribution in [2.75, 3.05) is 6.54 Å². The summed E-state index contributed by atoms with van der Waals surface area (Å²) >= 11 is 0. The Balaban J connectivity index is 1.25. The quantitative estimate of drug-likeness (QED) is 0.0971. The molecule has 0 saturated carbocycles. The molecule has 13 heteroatoms. The molecule has 56 heavy (non-hydrogen) atoms. The predicted molar refractivity (Wildman–Crippen MR) is 210 cm³/mol. The molecule has 0 spiro atoms. The van der Waals surface area contributed by atoms with Crippen molar-refractivity contribution in [3.63, 3.8) is 0 Å². The molecule has 0 aliphatic heterocycles. The first-order chi connectivity index (χ1) is 27.0. The second-order valence-electron chi connectivity index (χ2n) is 13.3. The van der Waals surface area contributed by atoms with Gasteiger partial charge in [-0.25, -0.2) is 0 Å². The highest BCUT2D eigenvalue weighted by Gasteiger charge is 2.28. The van der Waals surface area contributed by atoms with Gasteiger partial charge in [0.15, 0.2) is 0 Å². The van der Waals surface area contributed by atoms with Crippen LogP contribution >= 0.6 is 0 Å². The van der Waals surface area contributed by atoms with Gasteiger partial charge >= 0.3 is 5.97 Å². The smallest absolute Gasteiger partial charge is 0.322 e. The molecule has 4 amide bonds. The summed E-state index contributed by atoms with van der Waals surface area (Å²) in [5, 5.41) is 32.8. The molecule has 1 heterocycles. The Bertz CT molecular complexity index is 2500. The Hall–Kier alpha value is -7.28. The van der Waals surface area contributed by atoms with Gasteiger partial charge in [-0.3, -0.25) is 28.8 Å². The fraction of sp³-hybridized carbons (Fsp3) is 0.163. The normalized spacial score (nSPS) is 12.0. The molecule has 0 radical (unpaired) electrons. The topological polar surface area (TPSA) is 196 Å². The number of nitrogens with one attached hydrogen (secondary N) is 4. The number of amides is 4. The molecule has 284 valence electrons. The monoisotopic (exact) mass is 753 g/mol. The SMILES string of the molecule is Cn1c(=O)c(C(=O)NCC(=O)O)c(O)c2cc(CNC(=O)[C@@H](Cc3ccccc3)NC(=O)[C@H](Cc3ccc4ccccc4c3)NC(=O)c3ccccc3)ccc21. The summed E-state index contributed by atoms with van der Waals surface area (Å²) in [5.74, 6) is -4.56. The van der Waals surface area contributed by atoms with Gasteiger partial charge in [0.05, 0.1) is 5.52 Å². The lowest BCUT2D eigenvalue weighted by Gasteiger charge is -2.24. The van der Waals surface area contributed by atoms with Gasteiger partial charge in [-0.15, -0.1) is 0 Å². The van der Waals surface area contributed by atoms with Gasteiger partial charge in [0.2, 0.25) is 11.8 Å². The van der Waals surface area contributed by atoms with Crippen LogP contribution in [0.3, 0.4) is 0 Å². The number of nitrogens with zero attached hydrogens (tertiary/aromatic N) is 1. The van der Waals surface area contributed by atoms with Gasteiger partial charge in [0.1, 0.15) is 29.9 Å². The summed E-state index contributed by atoms with van der Waals surface area (Å²) in [5.41, 5.74) is 1.30. The molecule has 6 aromatic rings. The maximum absolute atomic E-state index is 14.1. The van der Waals surface area contributed by atoms with Crippen molar-refractivity contribution in [3.8, 4) is 5.75 Å². The van der Waals surface area contributed by atoms with E-state index in [1.54, 1.807) is 42.5 Å². The number of carboxylic acids is 1. The standard InChI is InChI=1S/C43H39N5O8/c1-48-35-19-17-28(21-32(35)38(51)37(43(48)56)42(55)45-25-36(49)50)24-44-40(53)33(22-26-10-4-2-5-11-26)47-41(54)34(46-39(52)30-13-6-3-7-14-30)23-27-16-18-29-12-8-9-15-31(29)20-27/h2-21,33-34,51H,22-25H2,1H3,(H,44,53)(H,45,55)(H,46,52)(H,47,54)(H,49,50)/t33-,34+/m1/s1. The third kappa shape index (κ3) is 9.08. The molecule has 13 nitrogen and oxygen atoms in total. The van der Waals surface area contributed by atoms with Gasteiger partial charge in [0, 0.05) is 37.4 Å². The minimum Gasteiger partial charge on any atom is -0.506 e. The number of pyridine rings is 1. The van der Waals surface area contributed by atoms with Crippen LogP contribution in [0.2, 0.25) is 0 Å². The van der Waals surface area contributed by atoms with E-state index in [-0.39, 0.29) is 24.8 Å². The molecular formula is C43H39N5O8. The number of rotatable bonds is 14. The van der Waals surface area contributed by atoms with Gasteiger partial charge in [0.25, 0.3) is 17.4 Å². The highest BCUT2D eigenvalue weighted by molar-refractivity contribution is 6.03. The van der Waals surface area contributed by atoms with Crippen molar-refractivity contribution in [3.05, 3.63) is 159 Å². The second kappa shape index (κ2) is 17.2. The highest BCUT2D eigenvalue weighted by atomic mass is 16.4. The molecule has 0 bridgehead atoms. The van der Waals surface area contributed by atoms with E-state index in [1.807, 2.05) is 72.8 Å². The van der Waals surface area contributed by atoms with E-state index in [0.717, 1.165) is 26.5 Å². The predicted octanol–water partition coefficient (Wildman–Crippen LogP) is 3.60. The van der Waals surface area contributed by atoms with Gasteiger partial charge in [-0.2, -0.15) is 0 Å². The lowest BCUT2D eigenvalue weighted by Crippen LogP contribution is -2.55. The van der Waals surface area contributed by atoms with E-state index < -0.39 is 65.1 Å². The zero-order valence-electron chi connectivity index (χ0n) is 30.3. The number of carbonyl (C=O) groups excluding carboxylic acids is 4. The van der Waals surface area contributed by atoms with Crippen LogP contribution in [0.1, 0.15) is 37.4 Å². The van der Waals surface area contributed by atoms with Gasteiger partial charge in [-0.1, -0.05) is 97.1 Å². The number of aromatic nitrogens is 1. The van der Waals surface area contributed by atoms with Crippen LogP contribution in [-0.2, 0) is 40.8 Å². The van der Waals surface area contributed by atoms with Crippen molar-refractivity contribution in [2.24, 2.45) is 7.05 Å². The number of hydrogen-bond donors (Lipinski definition) is 6. The second-order valence-corrected chi connectivity index (χ2v) is 13.3. The number of carbonyl (C=O) groups is 5. The Morgan fingerprint density at radius 3 is 1.98 bits per heavy atom. The van der Waals surface area contributed by atoms with E-state index in [1.165, 1.54) is 13.1 Å². The third-order valence-electron chi connectivity index (χ3n) is 9.35. The first-order valence-electron chi connectivity index (χ1n) is 17.8. The van der Waals surface area contributed by atoms with Crippen LogP contribution in [0, 0.1) is 0 Å². The fourth-order valence-corrected chi connectivity index (χ4v) is 6.42. The molecular weight excluding hydrogens is 714 g/mol. The van der Waals surface area contributed by atoms with Crippen molar-refractivity contribution in [2.45, 2.75) is 31.5 Å². The maximum atomic E-state index is 14.1. The van der Waals surface area contributed by atoms with E-state index in [2.05, 4.69) is 21.3 Å². The summed E-state index contributed by atoms with van der Waals surface area (Å²) in [6.07, 6.45) is 0.275. The number of fused-ring (bicyclic) bond motifs is 2. The van der Waals surface area contributed by atoms with Crippen LogP contribution in [-0.4, -0.2) is 63.0 Å². The average Bonchev–Trinajstić information content (AvgIpc) is 3.21. The molecule has 0 saturated heterocycles. The zero-order valence-corrected chi connectivity index (χ0v) is 30.3. The van der Waals surface area contributed by atoms with Crippen molar-refractivity contribution in [1.29, 1.82) is 0 Å². The zero-order chi connectivity index (χ0) is 39.8. The summed E-state index contributed by atoms with van der Waals surface area (Å²) in [6, 6.07) is 33.8. The number of hydrogen-bond acceptors (Lipinski definition) is 7.